The molecule has 9 heteroatoms. The van der Waals surface area contributed by atoms with Crippen molar-refractivity contribution in [2.24, 2.45) is 0 Å². The second-order valence-electron chi connectivity index (χ2n) is 5.80. The molecule has 4 rings (SSSR count). The van der Waals surface area contributed by atoms with E-state index in [0.29, 0.717) is 16.9 Å². The highest BCUT2D eigenvalue weighted by atomic mass is 32.2. The van der Waals surface area contributed by atoms with Crippen LogP contribution in [0.4, 0.5) is 0 Å². The lowest BCUT2D eigenvalue weighted by Gasteiger charge is -2.11. The largest absolute Gasteiger partial charge is 0.419 e. The fourth-order valence-corrected chi connectivity index (χ4v) is 4.11. The van der Waals surface area contributed by atoms with Gasteiger partial charge in [-0.2, -0.15) is 4.68 Å². The monoisotopic (exact) mass is 384 g/mol. The molecule has 1 aromatic carbocycles. The minimum atomic E-state index is -0.0784. The summed E-state index contributed by atoms with van der Waals surface area (Å²) in [5.41, 5.74) is 3.23. The molecule has 1 atom stereocenters. The molecule has 0 amide bonds. The highest BCUT2D eigenvalue weighted by Gasteiger charge is 2.21. The van der Waals surface area contributed by atoms with Crippen molar-refractivity contribution >= 4 is 23.1 Å². The number of tetrazole rings is 1. The van der Waals surface area contributed by atoms with E-state index < -0.39 is 0 Å². The average Bonchev–Trinajstić information content (AvgIpc) is 3.36. The molecule has 0 N–H and O–H groups in total. The van der Waals surface area contributed by atoms with Crippen LogP contribution in [0.25, 0.3) is 16.5 Å². The number of aryl methyl sites for hydroxylation is 2. The molecule has 0 radical (unpaired) electrons. The molecule has 0 aliphatic heterocycles. The van der Waals surface area contributed by atoms with Crippen molar-refractivity contribution < 1.29 is 4.42 Å². The summed E-state index contributed by atoms with van der Waals surface area (Å²) in [6, 6.07) is 10.0. The molecule has 4 aromatic rings. The Balaban J connectivity index is 1.60. The Morgan fingerprint density at radius 3 is 2.62 bits per heavy atom. The van der Waals surface area contributed by atoms with Crippen molar-refractivity contribution in [1.29, 1.82) is 0 Å². The summed E-state index contributed by atoms with van der Waals surface area (Å²) < 4.78 is 7.59. The maximum Gasteiger partial charge on any atom is 0.257 e. The molecule has 0 spiro atoms. The Bertz CT molecular complexity index is 1000. The van der Waals surface area contributed by atoms with E-state index in [9.17, 15) is 0 Å². The maximum atomic E-state index is 5.82. The summed E-state index contributed by atoms with van der Waals surface area (Å²) in [4.78, 5) is 0.960. The minimum absolute atomic E-state index is 0.0784. The summed E-state index contributed by atoms with van der Waals surface area (Å²) in [6.45, 7) is 6.10. The third kappa shape index (κ3) is 3.15. The second-order valence-corrected chi connectivity index (χ2v) is 8.05. The topological polar surface area (TPSA) is 82.5 Å². The van der Waals surface area contributed by atoms with Crippen LogP contribution in [0.5, 0.6) is 0 Å². The van der Waals surface area contributed by atoms with Crippen LogP contribution in [-0.2, 0) is 0 Å². The van der Waals surface area contributed by atoms with Gasteiger partial charge in [0.25, 0.3) is 5.89 Å². The number of nitrogens with zero attached hydrogens (tertiary/aromatic N) is 6. The summed E-state index contributed by atoms with van der Waals surface area (Å²) in [5.74, 6) is 1.09. The zero-order valence-corrected chi connectivity index (χ0v) is 16.1. The third-order valence-corrected chi connectivity index (χ3v) is 5.77. The van der Waals surface area contributed by atoms with E-state index in [1.54, 1.807) is 16.0 Å². The molecule has 132 valence electrons. The van der Waals surface area contributed by atoms with Crippen molar-refractivity contribution in [2.75, 3.05) is 0 Å². The van der Waals surface area contributed by atoms with Gasteiger partial charge in [0.1, 0.15) is 0 Å². The van der Waals surface area contributed by atoms with Crippen molar-refractivity contribution in [3.63, 3.8) is 0 Å². The Kier molecular flexibility index (Phi) is 4.56. The third-order valence-electron chi connectivity index (χ3n) is 3.89. The number of benzene rings is 1. The van der Waals surface area contributed by atoms with Gasteiger partial charge in [0.05, 0.1) is 15.8 Å². The van der Waals surface area contributed by atoms with Gasteiger partial charge in [-0.05, 0) is 53.8 Å². The predicted molar refractivity (Wildman–Crippen MR) is 101 cm³/mol. The predicted octanol–water partition coefficient (Wildman–Crippen LogP) is 4.24. The van der Waals surface area contributed by atoms with Crippen LogP contribution in [0.1, 0.15) is 29.2 Å². The SMILES string of the molecule is Cc1cccc(C)c1-n1nnnc1S[C@@H](C)c1nnc(-c2cccs2)o1. The van der Waals surface area contributed by atoms with Crippen molar-refractivity contribution in [2.45, 2.75) is 31.2 Å². The fraction of sp³-hybridized carbons (Fsp3) is 0.235. The first-order valence-electron chi connectivity index (χ1n) is 8.02. The van der Waals surface area contributed by atoms with E-state index in [-0.39, 0.29) is 5.25 Å². The Morgan fingerprint density at radius 1 is 1.08 bits per heavy atom. The van der Waals surface area contributed by atoms with Gasteiger partial charge in [0.2, 0.25) is 11.0 Å². The quantitative estimate of drug-likeness (QED) is 0.476. The lowest BCUT2D eigenvalue weighted by molar-refractivity contribution is 0.509. The zero-order valence-electron chi connectivity index (χ0n) is 14.4. The lowest BCUT2D eigenvalue weighted by Crippen LogP contribution is -2.04. The van der Waals surface area contributed by atoms with Crippen LogP contribution in [0.2, 0.25) is 0 Å². The molecule has 26 heavy (non-hydrogen) atoms. The van der Waals surface area contributed by atoms with Crippen LogP contribution in [0.3, 0.4) is 0 Å². The standard InChI is InChI=1S/C17H16N6OS2/c1-10-6-4-7-11(2)14(10)23-17(20-21-22-23)26-12(3)15-18-19-16(24-15)13-8-5-9-25-13/h4-9,12H,1-3H3/t12-/m0/s1. The molecule has 0 saturated carbocycles. The Morgan fingerprint density at radius 2 is 1.88 bits per heavy atom. The number of hydrogen-bond acceptors (Lipinski definition) is 8. The van der Waals surface area contributed by atoms with Gasteiger partial charge in [-0.25, -0.2) is 0 Å². The zero-order chi connectivity index (χ0) is 18.1. The highest BCUT2D eigenvalue weighted by molar-refractivity contribution is 7.99. The van der Waals surface area contributed by atoms with Crippen LogP contribution in [-0.4, -0.2) is 30.4 Å². The van der Waals surface area contributed by atoms with Crippen molar-refractivity contribution in [3.8, 4) is 16.5 Å². The first-order chi connectivity index (χ1) is 12.6. The first-order valence-corrected chi connectivity index (χ1v) is 9.78. The first kappa shape index (κ1) is 16.9. The van der Waals surface area contributed by atoms with E-state index in [4.69, 9.17) is 4.42 Å². The van der Waals surface area contributed by atoms with Gasteiger partial charge in [-0.15, -0.1) is 26.6 Å². The van der Waals surface area contributed by atoms with E-state index in [1.807, 2.05) is 56.5 Å². The Hall–Kier alpha value is -2.52. The van der Waals surface area contributed by atoms with Crippen molar-refractivity contribution in [3.05, 3.63) is 52.7 Å². The summed E-state index contributed by atoms with van der Waals surface area (Å²) >= 11 is 3.06. The van der Waals surface area contributed by atoms with Gasteiger partial charge < -0.3 is 4.42 Å². The van der Waals surface area contributed by atoms with Crippen LogP contribution in [0, 0.1) is 13.8 Å². The smallest absolute Gasteiger partial charge is 0.257 e. The molecule has 3 heterocycles. The molecule has 7 nitrogen and oxygen atoms in total. The van der Waals surface area contributed by atoms with Crippen LogP contribution >= 0.6 is 23.1 Å². The summed E-state index contributed by atoms with van der Waals surface area (Å²) in [7, 11) is 0. The van der Waals surface area contributed by atoms with Gasteiger partial charge in [0.15, 0.2) is 0 Å². The summed E-state index contributed by atoms with van der Waals surface area (Å²) in [6.07, 6.45) is 0. The van der Waals surface area contributed by atoms with Crippen molar-refractivity contribution in [1.82, 2.24) is 30.4 Å². The van der Waals surface area contributed by atoms with Gasteiger partial charge in [0, 0.05) is 0 Å². The molecule has 0 aliphatic carbocycles. The Labute approximate surface area is 158 Å². The molecule has 0 saturated heterocycles. The summed E-state index contributed by atoms with van der Waals surface area (Å²) in [5, 5.41) is 23.1. The number of thiophene rings is 1. The van der Waals surface area contributed by atoms with E-state index in [2.05, 4.69) is 25.7 Å². The number of aromatic nitrogens is 6. The molecule has 0 unspecified atom stereocenters. The molecular weight excluding hydrogens is 368 g/mol. The molecule has 3 aromatic heterocycles. The normalized spacial score (nSPS) is 12.4. The molecule has 0 bridgehead atoms. The second kappa shape index (κ2) is 7.00. The highest BCUT2D eigenvalue weighted by Crippen LogP contribution is 2.35. The molecule has 0 aliphatic rings. The number of hydrogen-bond donors (Lipinski definition) is 0. The maximum absolute atomic E-state index is 5.82. The van der Waals surface area contributed by atoms with Crippen LogP contribution < -0.4 is 0 Å². The fourth-order valence-electron chi connectivity index (χ4n) is 2.64. The van der Waals surface area contributed by atoms with Gasteiger partial charge in [-0.1, -0.05) is 36.0 Å². The molecule has 0 fully saturated rings. The minimum Gasteiger partial charge on any atom is -0.419 e. The van der Waals surface area contributed by atoms with Crippen LogP contribution in [0.15, 0.2) is 45.3 Å². The van der Waals surface area contributed by atoms with Gasteiger partial charge >= 0.3 is 0 Å². The molecular formula is C17H16N6OS2. The average molecular weight is 384 g/mol. The van der Waals surface area contributed by atoms with E-state index in [1.165, 1.54) is 11.8 Å². The van der Waals surface area contributed by atoms with E-state index >= 15 is 0 Å². The number of thioether (sulfide) groups is 1. The van der Waals surface area contributed by atoms with E-state index in [0.717, 1.165) is 21.7 Å². The number of para-hydroxylation sites is 1. The lowest BCUT2D eigenvalue weighted by atomic mass is 10.1. The number of rotatable bonds is 5. The van der Waals surface area contributed by atoms with Gasteiger partial charge in [-0.3, -0.25) is 0 Å².